The second kappa shape index (κ2) is 8.85. The predicted molar refractivity (Wildman–Crippen MR) is 118 cm³/mol. The summed E-state index contributed by atoms with van der Waals surface area (Å²) in [5, 5.41) is 27.2. The Hall–Kier alpha value is -1.64. The van der Waals surface area contributed by atoms with E-state index in [4.69, 9.17) is 37.4 Å². The van der Waals surface area contributed by atoms with Crippen molar-refractivity contribution in [2.24, 2.45) is 17.1 Å². The van der Waals surface area contributed by atoms with E-state index in [9.17, 15) is 4.79 Å². The van der Waals surface area contributed by atoms with Gasteiger partial charge < -0.3 is 25.8 Å². The minimum absolute atomic E-state index is 0.0121. The van der Waals surface area contributed by atoms with Crippen LogP contribution in [0.15, 0.2) is 18.2 Å². The van der Waals surface area contributed by atoms with Crippen molar-refractivity contribution < 1.29 is 24.9 Å². The molecule has 3 atom stereocenters. The Morgan fingerprint density at radius 1 is 1.43 bits per heavy atom. The van der Waals surface area contributed by atoms with Crippen LogP contribution >= 0.6 is 22.9 Å². The Labute approximate surface area is 185 Å². The van der Waals surface area contributed by atoms with Gasteiger partial charge in [-0.25, -0.2) is 4.79 Å². The van der Waals surface area contributed by atoms with Crippen LogP contribution in [0.5, 0.6) is 5.75 Å². The maximum atomic E-state index is 11.1. The summed E-state index contributed by atoms with van der Waals surface area (Å²) in [5.41, 5.74) is 9.27. The van der Waals surface area contributed by atoms with E-state index in [0.29, 0.717) is 39.4 Å². The van der Waals surface area contributed by atoms with Crippen LogP contribution in [0.25, 0.3) is 0 Å². The average molecular weight is 454 g/mol. The maximum absolute atomic E-state index is 11.1. The molecule has 6 nitrogen and oxygen atoms in total. The third-order valence-corrected chi connectivity index (χ3v) is 7.53. The van der Waals surface area contributed by atoms with Gasteiger partial charge in [0, 0.05) is 11.4 Å². The molecular weight excluding hydrogens is 426 g/mol. The first-order chi connectivity index (χ1) is 14.1. The molecule has 1 heterocycles. The normalized spacial score (nSPS) is 21.2. The molecule has 30 heavy (non-hydrogen) atoms. The fourth-order valence-electron chi connectivity index (χ4n) is 4.33. The second-order valence-corrected chi connectivity index (χ2v) is 10.0. The predicted octanol–water partition coefficient (Wildman–Crippen LogP) is 3.58. The second-order valence-electron chi connectivity index (χ2n) is 8.41. The van der Waals surface area contributed by atoms with Crippen LogP contribution in [-0.4, -0.2) is 40.6 Å². The zero-order chi connectivity index (χ0) is 22.2. The number of thiophene rings is 1. The zero-order valence-corrected chi connectivity index (χ0v) is 18.9. The van der Waals surface area contributed by atoms with Crippen molar-refractivity contribution in [3.63, 3.8) is 0 Å². The van der Waals surface area contributed by atoms with Crippen molar-refractivity contribution in [2.45, 2.75) is 45.8 Å². The topological polar surface area (TPSA) is 113 Å². The van der Waals surface area contributed by atoms with Crippen LogP contribution in [0.1, 0.15) is 51.0 Å². The third-order valence-electron chi connectivity index (χ3n) is 6.09. The summed E-state index contributed by atoms with van der Waals surface area (Å²) >= 11 is 7.37. The molecule has 0 radical (unpaired) electrons. The Morgan fingerprint density at radius 3 is 2.70 bits per heavy atom. The molecule has 0 unspecified atom stereocenters. The van der Waals surface area contributed by atoms with Crippen molar-refractivity contribution in [3.05, 3.63) is 49.7 Å². The van der Waals surface area contributed by atoms with Gasteiger partial charge in [-0.05, 0) is 59.4 Å². The zero-order valence-electron chi connectivity index (χ0n) is 17.3. The van der Waals surface area contributed by atoms with E-state index in [2.05, 4.69) is 20.8 Å². The Balaban J connectivity index is 0.000000171. The largest absolute Gasteiger partial charge is 0.489 e. The summed E-state index contributed by atoms with van der Waals surface area (Å²) in [6, 6.07) is 5.20. The maximum Gasteiger partial charge on any atom is 0.346 e. The highest BCUT2D eigenvalue weighted by Crippen LogP contribution is 2.71. The standard InChI is InChI=1S/C12H14O2S.C10H14ClNO3/c1-5-8-6(10(15-5)11(13)14)4-7-9(8)12(7,2)3;11-9-3-7(4-12)1-2-10(9)15-6-8(14)5-13/h7,9H,4H2,1-3H3,(H,13,14);1-3,8,13-14H,4-6,12H2/t7-,9-;8-/m10/s1. The number of rotatable bonds is 6. The van der Waals surface area contributed by atoms with Crippen molar-refractivity contribution in [1.29, 1.82) is 0 Å². The summed E-state index contributed by atoms with van der Waals surface area (Å²) in [6.45, 7) is 6.74. The van der Waals surface area contributed by atoms with E-state index in [1.54, 1.807) is 18.2 Å². The van der Waals surface area contributed by atoms with E-state index in [-0.39, 0.29) is 13.2 Å². The molecule has 1 fully saturated rings. The van der Waals surface area contributed by atoms with Gasteiger partial charge in [0.25, 0.3) is 0 Å². The molecule has 2 aliphatic rings. The van der Waals surface area contributed by atoms with Crippen LogP contribution in [0.3, 0.4) is 0 Å². The molecule has 1 aromatic heterocycles. The molecule has 1 aromatic carbocycles. The van der Waals surface area contributed by atoms with Crippen molar-refractivity contribution in [2.75, 3.05) is 13.2 Å². The van der Waals surface area contributed by atoms with Gasteiger partial charge in [0.2, 0.25) is 0 Å². The van der Waals surface area contributed by atoms with Gasteiger partial charge in [-0.2, -0.15) is 0 Å². The molecular formula is C22H28ClNO5S. The van der Waals surface area contributed by atoms with Crippen molar-refractivity contribution in [1.82, 2.24) is 0 Å². The van der Waals surface area contributed by atoms with Gasteiger partial charge in [0.1, 0.15) is 23.3 Å². The molecule has 0 spiro atoms. The summed E-state index contributed by atoms with van der Waals surface area (Å²) in [6.07, 6.45) is 0.0918. The molecule has 0 amide bonds. The number of fused-ring (bicyclic) bond motifs is 3. The first kappa shape index (κ1) is 23.0. The minimum Gasteiger partial charge on any atom is -0.489 e. The van der Waals surface area contributed by atoms with E-state index < -0.39 is 12.1 Å². The molecule has 4 rings (SSSR count). The monoisotopic (exact) mass is 453 g/mol. The van der Waals surface area contributed by atoms with Crippen LogP contribution < -0.4 is 10.5 Å². The number of hydrogen-bond donors (Lipinski definition) is 4. The van der Waals surface area contributed by atoms with Gasteiger partial charge in [-0.3, -0.25) is 0 Å². The molecule has 2 aromatic rings. The Morgan fingerprint density at radius 2 is 2.13 bits per heavy atom. The van der Waals surface area contributed by atoms with E-state index in [1.807, 2.05) is 0 Å². The minimum atomic E-state index is -0.893. The van der Waals surface area contributed by atoms with Gasteiger partial charge in [0.05, 0.1) is 11.6 Å². The fourth-order valence-corrected chi connectivity index (χ4v) is 5.66. The summed E-state index contributed by atoms with van der Waals surface area (Å²) in [7, 11) is 0. The highest BCUT2D eigenvalue weighted by Gasteiger charge is 2.63. The van der Waals surface area contributed by atoms with E-state index in [0.717, 1.165) is 17.5 Å². The molecule has 164 valence electrons. The van der Waals surface area contributed by atoms with Crippen LogP contribution in [0.4, 0.5) is 0 Å². The average Bonchev–Trinajstić information content (AvgIpc) is 3.04. The number of benzene rings is 1. The lowest BCUT2D eigenvalue weighted by Crippen LogP contribution is -2.21. The van der Waals surface area contributed by atoms with Gasteiger partial charge in [-0.15, -0.1) is 11.3 Å². The number of hydrogen-bond acceptors (Lipinski definition) is 6. The molecule has 5 N–H and O–H groups in total. The molecule has 2 aliphatic carbocycles. The summed E-state index contributed by atoms with van der Waals surface area (Å²) < 4.78 is 5.21. The number of halogens is 1. The SMILES string of the molecule is Cc1sc(C(=O)O)c2c1[C@H]1[C@@H](C2)C1(C)C.NCc1ccc(OC[C@@H](O)CO)c(Cl)c1. The van der Waals surface area contributed by atoms with Crippen LogP contribution in [-0.2, 0) is 13.0 Å². The first-order valence-electron chi connectivity index (χ1n) is 9.87. The van der Waals surface area contributed by atoms with Crippen LogP contribution in [0.2, 0.25) is 5.02 Å². The van der Waals surface area contributed by atoms with Crippen LogP contribution in [0, 0.1) is 18.3 Å². The summed E-state index contributed by atoms with van der Waals surface area (Å²) in [5.74, 6) is 1.06. The van der Waals surface area contributed by atoms with Gasteiger partial charge >= 0.3 is 5.97 Å². The molecule has 1 saturated carbocycles. The van der Waals surface area contributed by atoms with E-state index in [1.165, 1.54) is 21.8 Å². The highest BCUT2D eigenvalue weighted by molar-refractivity contribution is 7.14. The van der Waals surface area contributed by atoms with Gasteiger partial charge in [-0.1, -0.05) is 31.5 Å². The molecule has 0 bridgehead atoms. The smallest absolute Gasteiger partial charge is 0.346 e. The van der Waals surface area contributed by atoms with E-state index >= 15 is 0 Å². The number of carboxylic acids is 1. The lowest BCUT2D eigenvalue weighted by molar-refractivity contribution is 0.0536. The Kier molecular flexibility index (Phi) is 6.79. The first-order valence-corrected chi connectivity index (χ1v) is 11.1. The van der Waals surface area contributed by atoms with Gasteiger partial charge in [0.15, 0.2) is 0 Å². The number of ether oxygens (including phenoxy) is 1. The lowest BCUT2D eigenvalue weighted by Gasteiger charge is -2.11. The Bertz CT molecular complexity index is 942. The molecule has 8 heteroatoms. The summed E-state index contributed by atoms with van der Waals surface area (Å²) in [4.78, 5) is 12.9. The number of aliphatic hydroxyl groups is 2. The highest BCUT2D eigenvalue weighted by atomic mass is 35.5. The fraction of sp³-hybridized carbons (Fsp3) is 0.500. The number of aliphatic hydroxyl groups excluding tert-OH is 2. The number of aryl methyl sites for hydroxylation is 1. The quantitative estimate of drug-likeness (QED) is 0.531. The molecule has 0 aliphatic heterocycles. The third kappa shape index (κ3) is 4.36. The number of carboxylic acid groups (broad SMARTS) is 1. The number of nitrogens with two attached hydrogens (primary N) is 1. The lowest BCUT2D eigenvalue weighted by atomic mass is 9.95. The van der Waals surface area contributed by atoms with Crippen molar-refractivity contribution in [3.8, 4) is 5.75 Å². The number of aromatic carboxylic acids is 1. The molecule has 0 saturated heterocycles. The number of carbonyl (C=O) groups is 1. The van der Waals surface area contributed by atoms with Crippen molar-refractivity contribution >= 4 is 28.9 Å².